The molecule has 33 heavy (non-hydrogen) atoms. The monoisotopic (exact) mass is 446 g/mol. The molecule has 0 spiro atoms. The summed E-state index contributed by atoms with van der Waals surface area (Å²) < 4.78 is 7.57. The molecular weight excluding hydrogens is 424 g/mol. The second-order valence-electron chi connectivity index (χ2n) is 8.17. The van der Waals surface area contributed by atoms with E-state index in [2.05, 4.69) is 20.8 Å². The van der Waals surface area contributed by atoms with E-state index in [0.717, 1.165) is 25.7 Å². The fraction of sp³-hybridized carbons (Fsp3) is 0.304. The molecule has 4 aromatic rings. The third kappa shape index (κ3) is 4.07. The van der Waals surface area contributed by atoms with Gasteiger partial charge >= 0.3 is 0 Å². The summed E-state index contributed by atoms with van der Waals surface area (Å²) in [6.45, 7) is 0. The molecular formula is C23H22N6O4. The van der Waals surface area contributed by atoms with Gasteiger partial charge in [0, 0.05) is 17.8 Å². The van der Waals surface area contributed by atoms with Crippen LogP contribution >= 0.6 is 0 Å². The van der Waals surface area contributed by atoms with Crippen molar-refractivity contribution in [1.29, 1.82) is 0 Å². The van der Waals surface area contributed by atoms with Gasteiger partial charge in [0.2, 0.25) is 0 Å². The van der Waals surface area contributed by atoms with Crippen molar-refractivity contribution in [3.63, 3.8) is 0 Å². The number of benzene rings is 2. The summed E-state index contributed by atoms with van der Waals surface area (Å²) in [7, 11) is 0. The summed E-state index contributed by atoms with van der Waals surface area (Å²) in [5.41, 5.74) is 1.24. The van der Waals surface area contributed by atoms with E-state index >= 15 is 0 Å². The molecule has 1 atom stereocenters. The Morgan fingerprint density at radius 1 is 1.09 bits per heavy atom. The Morgan fingerprint density at radius 2 is 1.85 bits per heavy atom. The maximum Gasteiger partial charge on any atom is 0.269 e. The normalized spacial score (nSPS) is 15.4. The number of nitrogens with one attached hydrogen (secondary N) is 1. The van der Waals surface area contributed by atoms with Crippen LogP contribution in [0.4, 0.5) is 11.4 Å². The van der Waals surface area contributed by atoms with Crippen LogP contribution < -0.4 is 10.7 Å². The molecule has 2 aromatic carbocycles. The lowest BCUT2D eigenvalue weighted by molar-refractivity contribution is -0.384. The minimum Gasteiger partial charge on any atom is -0.464 e. The highest BCUT2D eigenvalue weighted by Gasteiger charge is 2.29. The van der Waals surface area contributed by atoms with Gasteiger partial charge in [-0.25, -0.2) is 4.68 Å². The molecule has 1 aliphatic rings. The zero-order valence-electron chi connectivity index (χ0n) is 17.8. The lowest BCUT2D eigenvalue weighted by atomic mass is 9.95. The summed E-state index contributed by atoms with van der Waals surface area (Å²) in [4.78, 5) is 24.0. The number of tetrazole rings is 1. The Morgan fingerprint density at radius 3 is 2.61 bits per heavy atom. The Labute approximate surface area is 188 Å². The Hall–Kier alpha value is -4.08. The maximum atomic E-state index is 13.4. The molecule has 1 unspecified atom stereocenters. The Kier molecular flexibility index (Phi) is 5.55. The molecule has 0 aliphatic heterocycles. The van der Waals surface area contributed by atoms with E-state index < -0.39 is 11.0 Å². The number of non-ortho nitro benzene ring substituents is 1. The number of nitro benzene ring substituents is 1. The SMILES string of the molecule is O=c1c(C(Nc2ccc([N+](=O)[O-])cc2)c2nnnn2C2CCCCC2)coc2ccccc12. The zero-order chi connectivity index (χ0) is 22.8. The number of nitrogens with zero attached hydrogens (tertiary/aromatic N) is 5. The van der Waals surface area contributed by atoms with Crippen LogP contribution in [-0.2, 0) is 0 Å². The Balaban J connectivity index is 1.60. The molecule has 0 amide bonds. The van der Waals surface area contributed by atoms with Gasteiger partial charge in [-0.2, -0.15) is 0 Å². The summed E-state index contributed by atoms with van der Waals surface area (Å²) in [5, 5.41) is 27.2. The first-order valence-corrected chi connectivity index (χ1v) is 10.9. The summed E-state index contributed by atoms with van der Waals surface area (Å²) in [6.07, 6.45) is 6.76. The molecule has 0 bridgehead atoms. The number of aromatic nitrogens is 4. The highest BCUT2D eigenvalue weighted by Crippen LogP contribution is 2.32. The van der Waals surface area contributed by atoms with Crippen LogP contribution in [0.3, 0.4) is 0 Å². The second-order valence-corrected chi connectivity index (χ2v) is 8.17. The van der Waals surface area contributed by atoms with Crippen molar-refractivity contribution >= 4 is 22.3 Å². The number of anilines is 1. The predicted octanol–water partition coefficient (Wildman–Crippen LogP) is 4.39. The number of hydrogen-bond donors (Lipinski definition) is 1. The molecule has 5 rings (SSSR count). The minimum absolute atomic E-state index is 0.0191. The van der Waals surface area contributed by atoms with Gasteiger partial charge in [0.15, 0.2) is 11.3 Å². The van der Waals surface area contributed by atoms with E-state index in [1.165, 1.54) is 24.8 Å². The molecule has 1 saturated carbocycles. The summed E-state index contributed by atoms with van der Waals surface area (Å²) in [5.74, 6) is 0.503. The van der Waals surface area contributed by atoms with Crippen LogP contribution in [0, 0.1) is 10.1 Å². The minimum atomic E-state index is -0.704. The molecule has 0 saturated heterocycles. The maximum absolute atomic E-state index is 13.4. The van der Waals surface area contributed by atoms with Crippen molar-refractivity contribution in [2.45, 2.75) is 44.2 Å². The molecule has 0 radical (unpaired) electrons. The van der Waals surface area contributed by atoms with Gasteiger partial charge in [0.1, 0.15) is 17.9 Å². The van der Waals surface area contributed by atoms with Crippen molar-refractivity contribution < 1.29 is 9.34 Å². The van der Waals surface area contributed by atoms with Crippen molar-refractivity contribution in [2.24, 2.45) is 0 Å². The zero-order valence-corrected chi connectivity index (χ0v) is 17.8. The first kappa shape index (κ1) is 20.8. The molecule has 1 fully saturated rings. The van der Waals surface area contributed by atoms with Crippen molar-refractivity contribution in [3.8, 4) is 0 Å². The smallest absolute Gasteiger partial charge is 0.269 e. The Bertz CT molecular complexity index is 1340. The van der Waals surface area contributed by atoms with E-state index in [9.17, 15) is 14.9 Å². The van der Waals surface area contributed by atoms with Gasteiger partial charge in [-0.3, -0.25) is 14.9 Å². The van der Waals surface area contributed by atoms with Gasteiger partial charge in [-0.15, -0.1) is 5.10 Å². The summed E-state index contributed by atoms with van der Waals surface area (Å²) >= 11 is 0. The molecule has 2 aromatic heterocycles. The third-order valence-electron chi connectivity index (χ3n) is 6.10. The molecule has 1 aliphatic carbocycles. The highest BCUT2D eigenvalue weighted by molar-refractivity contribution is 5.77. The van der Waals surface area contributed by atoms with Gasteiger partial charge in [0.25, 0.3) is 5.69 Å². The van der Waals surface area contributed by atoms with E-state index in [4.69, 9.17) is 4.42 Å². The average Bonchev–Trinajstić information content (AvgIpc) is 3.34. The fourth-order valence-electron chi connectivity index (χ4n) is 4.40. The molecule has 168 valence electrons. The first-order valence-electron chi connectivity index (χ1n) is 10.9. The van der Waals surface area contributed by atoms with Crippen LogP contribution in [0.25, 0.3) is 11.0 Å². The van der Waals surface area contributed by atoms with E-state index in [0.29, 0.717) is 28.0 Å². The quantitative estimate of drug-likeness (QED) is 0.341. The van der Waals surface area contributed by atoms with Crippen molar-refractivity contribution in [2.75, 3.05) is 5.32 Å². The van der Waals surface area contributed by atoms with Crippen molar-refractivity contribution in [3.05, 3.63) is 86.5 Å². The van der Waals surface area contributed by atoms with E-state index in [1.807, 2.05) is 0 Å². The first-order chi connectivity index (χ1) is 16.1. The largest absolute Gasteiger partial charge is 0.464 e. The van der Waals surface area contributed by atoms with E-state index in [-0.39, 0.29) is 17.2 Å². The van der Waals surface area contributed by atoms with Gasteiger partial charge < -0.3 is 9.73 Å². The number of hydrogen-bond acceptors (Lipinski definition) is 8. The van der Waals surface area contributed by atoms with Crippen LogP contribution in [0.5, 0.6) is 0 Å². The van der Waals surface area contributed by atoms with Crippen LogP contribution in [0.2, 0.25) is 0 Å². The average molecular weight is 446 g/mol. The predicted molar refractivity (Wildman–Crippen MR) is 121 cm³/mol. The fourth-order valence-corrected chi connectivity index (χ4v) is 4.40. The second kappa shape index (κ2) is 8.81. The molecule has 2 heterocycles. The molecule has 10 heteroatoms. The van der Waals surface area contributed by atoms with Crippen LogP contribution in [0.1, 0.15) is 55.6 Å². The summed E-state index contributed by atoms with van der Waals surface area (Å²) in [6, 6.07) is 12.5. The number of para-hydroxylation sites is 1. The molecule has 1 N–H and O–H groups in total. The lowest BCUT2D eigenvalue weighted by Crippen LogP contribution is -2.26. The lowest BCUT2D eigenvalue weighted by Gasteiger charge is -2.25. The number of nitro groups is 1. The third-order valence-corrected chi connectivity index (χ3v) is 6.10. The van der Waals surface area contributed by atoms with Crippen LogP contribution in [0.15, 0.2) is 64.0 Å². The van der Waals surface area contributed by atoms with Crippen molar-refractivity contribution in [1.82, 2.24) is 20.2 Å². The standard InChI is InChI=1S/C23H22N6O4/c30-22-18-8-4-5-9-20(18)33-14-19(22)21(24-15-10-12-17(13-11-15)29(31)32)23-25-26-27-28(23)16-6-2-1-3-7-16/h4-5,8-14,16,21,24H,1-3,6-7H2. The number of rotatable bonds is 6. The topological polar surface area (TPSA) is 129 Å². The van der Waals surface area contributed by atoms with Gasteiger partial charge in [-0.1, -0.05) is 31.4 Å². The van der Waals surface area contributed by atoms with Gasteiger partial charge in [0.05, 0.1) is 21.9 Å². The highest BCUT2D eigenvalue weighted by atomic mass is 16.6. The number of fused-ring (bicyclic) bond motifs is 1. The van der Waals surface area contributed by atoms with Crippen LogP contribution in [-0.4, -0.2) is 25.1 Å². The van der Waals surface area contributed by atoms with E-state index in [1.54, 1.807) is 41.1 Å². The van der Waals surface area contributed by atoms with Gasteiger partial charge in [-0.05, 0) is 47.5 Å². The molecule has 10 nitrogen and oxygen atoms in total.